The Hall–Kier alpha value is -1.44. The zero-order valence-corrected chi connectivity index (χ0v) is 12.0. The van der Waals surface area contributed by atoms with Gasteiger partial charge < -0.3 is 10.4 Å². The maximum absolute atomic E-state index is 12.2. The summed E-state index contributed by atoms with van der Waals surface area (Å²) < 4.78 is 27.0. The smallest absolute Gasteiger partial charge is 0.307 e. The average molecular weight is 298 g/mol. The molecular weight excluding hydrogens is 280 g/mol. The van der Waals surface area contributed by atoms with Gasteiger partial charge in [0.15, 0.2) is 0 Å². The zero-order chi connectivity index (χ0) is 14.8. The molecule has 0 unspecified atom stereocenters. The Morgan fingerprint density at radius 1 is 1.30 bits per heavy atom. The monoisotopic (exact) mass is 298 g/mol. The third-order valence-corrected chi connectivity index (χ3v) is 4.89. The molecular formula is C13H18N2O4S. The number of benzene rings is 1. The maximum atomic E-state index is 12.2. The van der Waals surface area contributed by atoms with Crippen LogP contribution in [0.15, 0.2) is 29.2 Å². The minimum absolute atomic E-state index is 0.195. The maximum Gasteiger partial charge on any atom is 0.307 e. The Morgan fingerprint density at radius 3 is 2.55 bits per heavy atom. The molecule has 1 saturated heterocycles. The number of carboxylic acids is 1. The standard InChI is InChI=1S/C13H18N2O4S/c1-9-2-4-12(5-3-9)20(18,19)15-11-6-10(13(16)17)7-14-8-11/h2-5,10-11,14-15H,6-8H2,1H3,(H,16,17)/t10-,11+/m1/s1. The number of carbonyl (C=O) groups is 1. The lowest BCUT2D eigenvalue weighted by molar-refractivity contribution is -0.142. The first-order valence-corrected chi connectivity index (χ1v) is 7.89. The number of carboxylic acid groups (broad SMARTS) is 1. The number of rotatable bonds is 4. The lowest BCUT2D eigenvalue weighted by Crippen LogP contribution is -2.50. The van der Waals surface area contributed by atoms with E-state index in [0.29, 0.717) is 19.5 Å². The van der Waals surface area contributed by atoms with Crippen molar-refractivity contribution in [3.63, 3.8) is 0 Å². The van der Waals surface area contributed by atoms with Crippen LogP contribution in [-0.4, -0.2) is 38.6 Å². The predicted octanol–water partition coefficient (Wildman–Crippen LogP) is 0.336. The summed E-state index contributed by atoms with van der Waals surface area (Å²) in [5, 5.41) is 11.9. The molecule has 7 heteroatoms. The quantitative estimate of drug-likeness (QED) is 0.745. The summed E-state index contributed by atoms with van der Waals surface area (Å²) in [6, 6.07) is 6.14. The molecule has 20 heavy (non-hydrogen) atoms. The molecule has 1 heterocycles. The largest absolute Gasteiger partial charge is 0.481 e. The molecule has 0 amide bonds. The second-order valence-electron chi connectivity index (χ2n) is 5.06. The van der Waals surface area contributed by atoms with E-state index in [0.717, 1.165) is 5.56 Å². The summed E-state index contributed by atoms with van der Waals surface area (Å²) in [4.78, 5) is 11.2. The van der Waals surface area contributed by atoms with E-state index in [4.69, 9.17) is 5.11 Å². The highest BCUT2D eigenvalue weighted by atomic mass is 32.2. The molecule has 0 bridgehead atoms. The van der Waals surface area contributed by atoms with Gasteiger partial charge in [-0.1, -0.05) is 17.7 Å². The van der Waals surface area contributed by atoms with Crippen LogP contribution in [0.25, 0.3) is 0 Å². The minimum Gasteiger partial charge on any atom is -0.481 e. The first-order chi connectivity index (χ1) is 9.38. The fourth-order valence-corrected chi connectivity index (χ4v) is 3.47. The van der Waals surface area contributed by atoms with Gasteiger partial charge in [0.25, 0.3) is 0 Å². The third-order valence-electron chi connectivity index (χ3n) is 3.35. The van der Waals surface area contributed by atoms with Crippen LogP contribution >= 0.6 is 0 Å². The molecule has 110 valence electrons. The van der Waals surface area contributed by atoms with Crippen molar-refractivity contribution in [3.05, 3.63) is 29.8 Å². The van der Waals surface area contributed by atoms with E-state index in [-0.39, 0.29) is 4.90 Å². The molecule has 0 aromatic heterocycles. The van der Waals surface area contributed by atoms with Crippen molar-refractivity contribution in [1.29, 1.82) is 0 Å². The van der Waals surface area contributed by atoms with Gasteiger partial charge >= 0.3 is 5.97 Å². The van der Waals surface area contributed by atoms with Crippen LogP contribution in [0.1, 0.15) is 12.0 Å². The second-order valence-corrected chi connectivity index (χ2v) is 6.77. The number of sulfonamides is 1. The first kappa shape index (κ1) is 15.0. The van der Waals surface area contributed by atoms with Gasteiger partial charge in [0.1, 0.15) is 0 Å². The highest BCUT2D eigenvalue weighted by Crippen LogP contribution is 2.15. The topological polar surface area (TPSA) is 95.5 Å². The highest BCUT2D eigenvalue weighted by molar-refractivity contribution is 7.89. The Morgan fingerprint density at radius 2 is 1.95 bits per heavy atom. The molecule has 1 aromatic carbocycles. The fourth-order valence-electron chi connectivity index (χ4n) is 2.22. The molecule has 0 spiro atoms. The van der Waals surface area contributed by atoms with Gasteiger partial charge in [0.05, 0.1) is 10.8 Å². The van der Waals surface area contributed by atoms with Gasteiger partial charge in [-0.05, 0) is 25.5 Å². The lowest BCUT2D eigenvalue weighted by atomic mass is 9.97. The molecule has 1 aromatic rings. The number of aliphatic carboxylic acids is 1. The molecule has 6 nitrogen and oxygen atoms in total. The minimum atomic E-state index is -3.61. The molecule has 1 aliphatic rings. The Bertz CT molecular complexity index is 583. The number of nitrogens with one attached hydrogen (secondary N) is 2. The third kappa shape index (κ3) is 3.56. The van der Waals surface area contributed by atoms with E-state index in [1.54, 1.807) is 24.3 Å². The van der Waals surface area contributed by atoms with Crippen LogP contribution < -0.4 is 10.0 Å². The van der Waals surface area contributed by atoms with E-state index in [1.165, 1.54) is 0 Å². The van der Waals surface area contributed by atoms with Gasteiger partial charge in [-0.25, -0.2) is 13.1 Å². The predicted molar refractivity (Wildman–Crippen MR) is 73.9 cm³/mol. The highest BCUT2D eigenvalue weighted by Gasteiger charge is 2.29. The SMILES string of the molecule is Cc1ccc(S(=O)(=O)N[C@@H]2CNC[C@H](C(=O)O)C2)cc1. The van der Waals surface area contributed by atoms with E-state index >= 15 is 0 Å². The van der Waals surface area contributed by atoms with Crippen molar-refractivity contribution >= 4 is 16.0 Å². The summed E-state index contributed by atoms with van der Waals surface area (Å²) in [6.45, 7) is 2.69. The summed E-state index contributed by atoms with van der Waals surface area (Å²) in [7, 11) is -3.61. The van der Waals surface area contributed by atoms with Gasteiger partial charge in [-0.2, -0.15) is 0 Å². The van der Waals surface area contributed by atoms with Gasteiger partial charge in [0.2, 0.25) is 10.0 Å². The van der Waals surface area contributed by atoms with Gasteiger partial charge in [-0.15, -0.1) is 0 Å². The number of piperidine rings is 1. The number of aryl methyl sites for hydroxylation is 1. The lowest BCUT2D eigenvalue weighted by Gasteiger charge is -2.28. The summed E-state index contributed by atoms with van der Waals surface area (Å²) >= 11 is 0. The van der Waals surface area contributed by atoms with Gasteiger partial charge in [0, 0.05) is 19.1 Å². The normalized spacial score (nSPS) is 23.4. The van der Waals surface area contributed by atoms with Crippen molar-refractivity contribution in [2.24, 2.45) is 5.92 Å². The molecule has 0 saturated carbocycles. The van der Waals surface area contributed by atoms with E-state index in [1.807, 2.05) is 6.92 Å². The van der Waals surface area contributed by atoms with Crippen molar-refractivity contribution in [2.75, 3.05) is 13.1 Å². The first-order valence-electron chi connectivity index (χ1n) is 6.41. The number of hydrogen-bond acceptors (Lipinski definition) is 4. The zero-order valence-electron chi connectivity index (χ0n) is 11.2. The van der Waals surface area contributed by atoms with Crippen LogP contribution in [0.3, 0.4) is 0 Å². The molecule has 2 atom stereocenters. The van der Waals surface area contributed by atoms with Crippen molar-refractivity contribution in [1.82, 2.24) is 10.0 Å². The van der Waals surface area contributed by atoms with E-state index in [2.05, 4.69) is 10.0 Å². The summed E-state index contributed by atoms with van der Waals surface area (Å²) in [6.07, 6.45) is 0.299. The Labute approximate surface area is 118 Å². The summed E-state index contributed by atoms with van der Waals surface area (Å²) in [5.41, 5.74) is 0.981. The van der Waals surface area contributed by atoms with E-state index in [9.17, 15) is 13.2 Å². The Kier molecular flexibility index (Phi) is 4.42. The van der Waals surface area contributed by atoms with Crippen LogP contribution in [-0.2, 0) is 14.8 Å². The van der Waals surface area contributed by atoms with E-state index < -0.39 is 28.0 Å². The molecule has 2 rings (SSSR count). The van der Waals surface area contributed by atoms with Gasteiger partial charge in [-0.3, -0.25) is 4.79 Å². The molecule has 3 N–H and O–H groups in total. The van der Waals surface area contributed by atoms with Crippen LogP contribution in [0.2, 0.25) is 0 Å². The number of hydrogen-bond donors (Lipinski definition) is 3. The van der Waals surface area contributed by atoms with Crippen molar-refractivity contribution in [2.45, 2.75) is 24.3 Å². The average Bonchev–Trinajstić information content (AvgIpc) is 2.39. The Balaban J connectivity index is 2.08. The van der Waals surface area contributed by atoms with Crippen molar-refractivity contribution in [3.8, 4) is 0 Å². The van der Waals surface area contributed by atoms with Crippen LogP contribution in [0.4, 0.5) is 0 Å². The summed E-state index contributed by atoms with van der Waals surface area (Å²) in [5.74, 6) is -1.47. The second kappa shape index (κ2) is 5.90. The molecule has 0 aliphatic carbocycles. The van der Waals surface area contributed by atoms with Crippen LogP contribution in [0, 0.1) is 12.8 Å². The fraction of sp³-hybridized carbons (Fsp3) is 0.462. The van der Waals surface area contributed by atoms with Crippen LogP contribution in [0.5, 0.6) is 0 Å². The molecule has 1 fully saturated rings. The molecule has 1 aliphatic heterocycles. The molecule has 0 radical (unpaired) electrons. The van der Waals surface area contributed by atoms with Crippen molar-refractivity contribution < 1.29 is 18.3 Å².